The Bertz CT molecular complexity index is 575. The molecule has 0 radical (unpaired) electrons. The number of nitrogens with one attached hydrogen (secondary N) is 1. The number of aromatic amines is 1. The van der Waals surface area contributed by atoms with Crippen molar-refractivity contribution in [2.24, 2.45) is 5.92 Å². The Hall–Kier alpha value is -0.880. The van der Waals surface area contributed by atoms with Crippen LogP contribution in [0.25, 0.3) is 0 Å². The van der Waals surface area contributed by atoms with Crippen LogP contribution in [0.4, 0.5) is 0 Å². The molecule has 1 aromatic rings. The van der Waals surface area contributed by atoms with Gasteiger partial charge in [0.25, 0.3) is 0 Å². The monoisotopic (exact) mass is 311 g/mol. The van der Waals surface area contributed by atoms with Gasteiger partial charge in [-0.3, -0.25) is 5.10 Å². The standard InChI is InChI=1S/C15H25N3O2S/c1-12-10-16-17-15(12)9-13-5-4-8-18(11-13)21(19,20)14-6-2-3-7-14/h10,13-14H,2-9,11H2,1H3,(H,16,17)/t13-/m1/s1. The molecule has 0 unspecified atom stereocenters. The number of H-pyrrole nitrogens is 1. The molecule has 1 aliphatic heterocycles. The van der Waals surface area contributed by atoms with Crippen molar-refractivity contribution in [2.45, 2.75) is 57.1 Å². The van der Waals surface area contributed by atoms with Gasteiger partial charge in [0.05, 0.1) is 11.4 Å². The maximum Gasteiger partial charge on any atom is 0.216 e. The summed E-state index contributed by atoms with van der Waals surface area (Å²) in [6, 6.07) is 0. The smallest absolute Gasteiger partial charge is 0.216 e. The van der Waals surface area contributed by atoms with Gasteiger partial charge in [0, 0.05) is 18.8 Å². The van der Waals surface area contributed by atoms with Gasteiger partial charge in [-0.25, -0.2) is 12.7 Å². The van der Waals surface area contributed by atoms with Crippen LogP contribution in [0.15, 0.2) is 6.20 Å². The summed E-state index contributed by atoms with van der Waals surface area (Å²) in [7, 11) is -3.08. The minimum atomic E-state index is -3.08. The average Bonchev–Trinajstić information content (AvgIpc) is 3.12. The van der Waals surface area contributed by atoms with Gasteiger partial charge in [-0.05, 0) is 50.5 Å². The minimum Gasteiger partial charge on any atom is -0.282 e. The number of hydrogen-bond donors (Lipinski definition) is 1. The molecule has 1 saturated carbocycles. The van der Waals surface area contributed by atoms with Crippen LogP contribution in [0, 0.1) is 12.8 Å². The summed E-state index contributed by atoms with van der Waals surface area (Å²) < 4.78 is 27.2. The predicted octanol–water partition coefficient (Wildman–Crippen LogP) is 2.25. The summed E-state index contributed by atoms with van der Waals surface area (Å²) in [4.78, 5) is 0. The quantitative estimate of drug-likeness (QED) is 0.927. The van der Waals surface area contributed by atoms with E-state index in [1.54, 1.807) is 4.31 Å². The number of rotatable bonds is 4. The lowest BCUT2D eigenvalue weighted by Crippen LogP contribution is -2.44. The Morgan fingerprint density at radius 2 is 2.05 bits per heavy atom. The zero-order chi connectivity index (χ0) is 14.9. The SMILES string of the molecule is Cc1cn[nH]c1C[C@H]1CCCN(S(=O)(=O)C2CCCC2)C1. The van der Waals surface area contributed by atoms with Gasteiger partial charge in [0.15, 0.2) is 0 Å². The molecule has 0 aromatic carbocycles. The van der Waals surface area contributed by atoms with E-state index < -0.39 is 10.0 Å². The molecule has 21 heavy (non-hydrogen) atoms. The van der Waals surface area contributed by atoms with Gasteiger partial charge >= 0.3 is 0 Å². The summed E-state index contributed by atoms with van der Waals surface area (Å²) >= 11 is 0. The minimum absolute atomic E-state index is 0.120. The summed E-state index contributed by atoms with van der Waals surface area (Å²) in [5.74, 6) is 0.411. The Labute approximate surface area is 127 Å². The van der Waals surface area contributed by atoms with E-state index in [0.717, 1.165) is 50.6 Å². The fourth-order valence-corrected chi connectivity index (χ4v) is 5.84. The predicted molar refractivity (Wildman–Crippen MR) is 82.5 cm³/mol. The van der Waals surface area contributed by atoms with E-state index in [1.807, 2.05) is 6.20 Å². The molecule has 2 aliphatic rings. The highest BCUT2D eigenvalue weighted by Gasteiger charge is 2.36. The third kappa shape index (κ3) is 3.16. The van der Waals surface area contributed by atoms with Crippen LogP contribution in [0.3, 0.4) is 0 Å². The third-order valence-corrected chi connectivity index (χ3v) is 7.36. The number of aromatic nitrogens is 2. The highest BCUT2D eigenvalue weighted by atomic mass is 32.2. The number of hydrogen-bond acceptors (Lipinski definition) is 3. The zero-order valence-electron chi connectivity index (χ0n) is 12.7. The van der Waals surface area contributed by atoms with Crippen molar-refractivity contribution >= 4 is 10.0 Å². The number of aryl methyl sites for hydroxylation is 1. The van der Waals surface area contributed by atoms with Crippen LogP contribution < -0.4 is 0 Å². The second-order valence-electron chi connectivity index (χ2n) is 6.55. The number of piperidine rings is 1. The second-order valence-corrected chi connectivity index (χ2v) is 8.77. The van der Waals surface area contributed by atoms with Crippen LogP contribution >= 0.6 is 0 Å². The molecule has 118 valence electrons. The van der Waals surface area contributed by atoms with Crippen molar-refractivity contribution in [3.05, 3.63) is 17.5 Å². The molecule has 3 rings (SSSR count). The van der Waals surface area contributed by atoms with Crippen molar-refractivity contribution in [1.29, 1.82) is 0 Å². The lowest BCUT2D eigenvalue weighted by Gasteiger charge is -2.33. The number of sulfonamides is 1. The maximum atomic E-state index is 12.7. The highest BCUT2D eigenvalue weighted by molar-refractivity contribution is 7.89. The molecular weight excluding hydrogens is 286 g/mol. The fraction of sp³-hybridized carbons (Fsp3) is 0.800. The Balaban J connectivity index is 1.66. The average molecular weight is 311 g/mol. The highest BCUT2D eigenvalue weighted by Crippen LogP contribution is 2.30. The molecule has 5 nitrogen and oxygen atoms in total. The molecule has 2 fully saturated rings. The summed E-state index contributed by atoms with van der Waals surface area (Å²) in [6.07, 6.45) is 8.65. The largest absolute Gasteiger partial charge is 0.282 e. The Morgan fingerprint density at radius 3 is 2.71 bits per heavy atom. The topological polar surface area (TPSA) is 66.1 Å². The molecule has 1 N–H and O–H groups in total. The molecule has 0 amide bonds. The first-order valence-corrected chi connectivity index (χ1v) is 9.55. The van der Waals surface area contributed by atoms with Crippen LogP contribution in [-0.4, -0.2) is 41.3 Å². The fourth-order valence-electron chi connectivity index (χ4n) is 3.69. The first kappa shape index (κ1) is 15.0. The molecule has 1 aliphatic carbocycles. The van der Waals surface area contributed by atoms with Crippen molar-refractivity contribution in [1.82, 2.24) is 14.5 Å². The van der Waals surface area contributed by atoms with E-state index in [-0.39, 0.29) is 5.25 Å². The normalized spacial score (nSPS) is 25.5. The van der Waals surface area contributed by atoms with Crippen molar-refractivity contribution in [2.75, 3.05) is 13.1 Å². The van der Waals surface area contributed by atoms with Crippen molar-refractivity contribution in [3.8, 4) is 0 Å². The van der Waals surface area contributed by atoms with E-state index in [1.165, 1.54) is 5.56 Å². The van der Waals surface area contributed by atoms with E-state index in [0.29, 0.717) is 19.0 Å². The van der Waals surface area contributed by atoms with Gasteiger partial charge in [-0.1, -0.05) is 12.8 Å². The van der Waals surface area contributed by atoms with Gasteiger partial charge < -0.3 is 0 Å². The summed E-state index contributed by atoms with van der Waals surface area (Å²) in [6.45, 7) is 3.43. The van der Waals surface area contributed by atoms with Gasteiger partial charge in [-0.15, -0.1) is 0 Å². The molecule has 0 bridgehead atoms. The molecule has 2 heterocycles. The summed E-state index contributed by atoms with van der Waals surface area (Å²) in [5.41, 5.74) is 2.32. The van der Waals surface area contributed by atoms with E-state index in [2.05, 4.69) is 17.1 Å². The zero-order valence-corrected chi connectivity index (χ0v) is 13.5. The molecule has 6 heteroatoms. The van der Waals surface area contributed by atoms with Gasteiger partial charge in [-0.2, -0.15) is 5.10 Å². The van der Waals surface area contributed by atoms with Crippen LogP contribution in [0.2, 0.25) is 0 Å². The van der Waals surface area contributed by atoms with Gasteiger partial charge in [0.2, 0.25) is 10.0 Å². The second kappa shape index (κ2) is 6.08. The summed E-state index contributed by atoms with van der Waals surface area (Å²) in [5, 5.41) is 6.98. The Morgan fingerprint density at radius 1 is 1.29 bits per heavy atom. The van der Waals surface area contributed by atoms with E-state index >= 15 is 0 Å². The van der Waals surface area contributed by atoms with Crippen LogP contribution in [0.5, 0.6) is 0 Å². The van der Waals surface area contributed by atoms with Crippen LogP contribution in [-0.2, 0) is 16.4 Å². The van der Waals surface area contributed by atoms with Crippen LogP contribution in [0.1, 0.15) is 49.8 Å². The first-order chi connectivity index (χ1) is 10.1. The Kier molecular flexibility index (Phi) is 4.36. The number of nitrogens with zero attached hydrogens (tertiary/aromatic N) is 2. The molecule has 1 saturated heterocycles. The lowest BCUT2D eigenvalue weighted by atomic mass is 9.94. The molecule has 0 spiro atoms. The third-order valence-electron chi connectivity index (χ3n) is 4.99. The van der Waals surface area contributed by atoms with E-state index in [9.17, 15) is 8.42 Å². The molecule has 1 atom stereocenters. The lowest BCUT2D eigenvalue weighted by molar-refractivity contribution is 0.261. The van der Waals surface area contributed by atoms with Crippen molar-refractivity contribution < 1.29 is 8.42 Å². The first-order valence-electron chi connectivity index (χ1n) is 8.05. The van der Waals surface area contributed by atoms with E-state index in [4.69, 9.17) is 0 Å². The molecular formula is C15H25N3O2S. The maximum absolute atomic E-state index is 12.7. The molecule has 1 aromatic heterocycles. The van der Waals surface area contributed by atoms with Crippen molar-refractivity contribution in [3.63, 3.8) is 0 Å². The van der Waals surface area contributed by atoms with Gasteiger partial charge in [0.1, 0.15) is 0 Å².